The highest BCUT2D eigenvalue weighted by molar-refractivity contribution is 7.90. The number of hydrogen-bond donors (Lipinski definition) is 2. The second kappa shape index (κ2) is 10.3. The van der Waals surface area contributed by atoms with Gasteiger partial charge in [-0.2, -0.15) is 0 Å². The first-order valence-electron chi connectivity index (χ1n) is 8.21. The van der Waals surface area contributed by atoms with Crippen molar-refractivity contribution in [1.82, 2.24) is 10.6 Å². The Morgan fingerprint density at radius 2 is 1.69 bits per heavy atom. The van der Waals surface area contributed by atoms with Crippen molar-refractivity contribution in [1.29, 1.82) is 0 Å². The van der Waals surface area contributed by atoms with Gasteiger partial charge in [-0.3, -0.25) is 4.79 Å². The molecule has 1 unspecified atom stereocenters. The minimum atomic E-state index is -3.31. The molecule has 0 heterocycles. The molecule has 0 radical (unpaired) electrons. The van der Waals surface area contributed by atoms with Gasteiger partial charge in [0.15, 0.2) is 9.84 Å². The first-order chi connectivity index (χ1) is 11.9. The second-order valence-electron chi connectivity index (χ2n) is 5.96. The van der Waals surface area contributed by atoms with Crippen LogP contribution in [0.15, 0.2) is 59.5 Å². The SMILES string of the molecule is CNCCCC(=O)NC(c1ccccc1)c1cccc(S(C)(=O)=O)c1.Cl. The minimum Gasteiger partial charge on any atom is -0.345 e. The minimum absolute atomic E-state index is 0. The molecule has 0 fully saturated rings. The number of sulfone groups is 1. The molecule has 0 aliphatic rings. The van der Waals surface area contributed by atoms with Crippen molar-refractivity contribution in [3.05, 3.63) is 65.7 Å². The molecule has 0 aliphatic heterocycles. The summed E-state index contributed by atoms with van der Waals surface area (Å²) in [6.07, 6.45) is 2.34. The Morgan fingerprint density at radius 3 is 2.31 bits per heavy atom. The van der Waals surface area contributed by atoms with Crippen molar-refractivity contribution >= 4 is 28.2 Å². The summed E-state index contributed by atoms with van der Waals surface area (Å²) in [7, 11) is -1.46. The average Bonchev–Trinajstić information content (AvgIpc) is 2.60. The third-order valence-corrected chi connectivity index (χ3v) is 5.00. The van der Waals surface area contributed by atoms with E-state index in [2.05, 4.69) is 10.6 Å². The van der Waals surface area contributed by atoms with Crippen LogP contribution in [0.2, 0.25) is 0 Å². The van der Waals surface area contributed by atoms with Crippen LogP contribution in [-0.2, 0) is 14.6 Å². The lowest BCUT2D eigenvalue weighted by Crippen LogP contribution is -2.29. The summed E-state index contributed by atoms with van der Waals surface area (Å²) in [6.45, 7) is 0.771. The van der Waals surface area contributed by atoms with E-state index in [1.807, 2.05) is 43.4 Å². The Bertz CT molecular complexity index is 811. The topological polar surface area (TPSA) is 75.3 Å². The quantitative estimate of drug-likeness (QED) is 0.673. The molecular formula is C19H25ClN2O3S. The molecule has 0 aromatic heterocycles. The maximum Gasteiger partial charge on any atom is 0.220 e. The lowest BCUT2D eigenvalue weighted by molar-refractivity contribution is -0.121. The molecule has 0 bridgehead atoms. The predicted octanol–water partition coefficient (Wildman–Crippen LogP) is 2.72. The lowest BCUT2D eigenvalue weighted by Gasteiger charge is -2.20. The molecule has 1 atom stereocenters. The van der Waals surface area contributed by atoms with Crippen molar-refractivity contribution < 1.29 is 13.2 Å². The van der Waals surface area contributed by atoms with Gasteiger partial charge in [0.1, 0.15) is 0 Å². The maximum atomic E-state index is 12.3. The standard InChI is InChI=1S/C19H24N2O3S.ClH/c1-20-13-7-12-18(22)21-19(15-8-4-3-5-9-15)16-10-6-11-17(14-16)25(2,23)24;/h3-6,8-11,14,19-20H,7,12-13H2,1-2H3,(H,21,22);1H. The molecule has 1 amide bonds. The summed E-state index contributed by atoms with van der Waals surface area (Å²) in [6, 6.07) is 15.9. The van der Waals surface area contributed by atoms with E-state index in [1.165, 1.54) is 6.26 Å². The summed E-state index contributed by atoms with van der Waals surface area (Å²) >= 11 is 0. The number of benzene rings is 2. The number of carbonyl (C=O) groups excluding carboxylic acids is 1. The molecule has 0 saturated carbocycles. The highest BCUT2D eigenvalue weighted by Crippen LogP contribution is 2.24. The van der Waals surface area contributed by atoms with Gasteiger partial charge in [0, 0.05) is 12.7 Å². The Kier molecular flexibility index (Phi) is 8.78. The normalized spacial score (nSPS) is 12.1. The molecule has 2 rings (SSSR count). The smallest absolute Gasteiger partial charge is 0.220 e. The number of hydrogen-bond acceptors (Lipinski definition) is 4. The van der Waals surface area contributed by atoms with Gasteiger partial charge in [-0.25, -0.2) is 8.42 Å². The Morgan fingerprint density at radius 1 is 1.04 bits per heavy atom. The fraction of sp³-hybridized carbons (Fsp3) is 0.316. The predicted molar refractivity (Wildman–Crippen MR) is 106 cm³/mol. The van der Waals surface area contributed by atoms with Crippen LogP contribution < -0.4 is 10.6 Å². The molecule has 142 valence electrons. The van der Waals surface area contributed by atoms with E-state index in [1.54, 1.807) is 18.2 Å². The van der Waals surface area contributed by atoms with Crippen LogP contribution in [-0.4, -0.2) is 34.2 Å². The molecule has 5 nitrogen and oxygen atoms in total. The van der Waals surface area contributed by atoms with Crippen LogP contribution in [0, 0.1) is 0 Å². The number of rotatable bonds is 8. The van der Waals surface area contributed by atoms with Crippen molar-refractivity contribution in [3.8, 4) is 0 Å². The van der Waals surface area contributed by atoms with E-state index in [0.29, 0.717) is 6.42 Å². The summed E-state index contributed by atoms with van der Waals surface area (Å²) in [5.41, 5.74) is 1.66. The number of halogens is 1. The number of carbonyl (C=O) groups is 1. The molecule has 0 saturated heterocycles. The second-order valence-corrected chi connectivity index (χ2v) is 7.98. The molecular weight excluding hydrogens is 372 g/mol. The van der Waals surface area contributed by atoms with Crippen LogP contribution in [0.1, 0.15) is 30.0 Å². The first-order valence-corrected chi connectivity index (χ1v) is 10.1. The van der Waals surface area contributed by atoms with Crippen LogP contribution in [0.5, 0.6) is 0 Å². The van der Waals surface area contributed by atoms with Crippen LogP contribution in [0.3, 0.4) is 0 Å². The molecule has 26 heavy (non-hydrogen) atoms. The van der Waals surface area contributed by atoms with Crippen molar-refractivity contribution in [2.45, 2.75) is 23.8 Å². The maximum absolute atomic E-state index is 12.3. The van der Waals surface area contributed by atoms with Gasteiger partial charge in [0.2, 0.25) is 5.91 Å². The molecule has 0 spiro atoms. The highest BCUT2D eigenvalue weighted by Gasteiger charge is 2.18. The largest absolute Gasteiger partial charge is 0.345 e. The summed E-state index contributed by atoms with van der Waals surface area (Å²) in [4.78, 5) is 12.5. The zero-order chi connectivity index (χ0) is 18.3. The fourth-order valence-electron chi connectivity index (χ4n) is 2.59. The summed E-state index contributed by atoms with van der Waals surface area (Å²) < 4.78 is 23.7. The third-order valence-electron chi connectivity index (χ3n) is 3.89. The number of amides is 1. The molecule has 0 aliphatic carbocycles. The van der Waals surface area contributed by atoms with Crippen LogP contribution >= 0.6 is 12.4 Å². The van der Waals surface area contributed by atoms with Crippen molar-refractivity contribution in [2.75, 3.05) is 19.8 Å². The van der Waals surface area contributed by atoms with Gasteiger partial charge in [-0.1, -0.05) is 42.5 Å². The van der Waals surface area contributed by atoms with E-state index in [9.17, 15) is 13.2 Å². The Labute approximate surface area is 161 Å². The first kappa shape index (κ1) is 22.2. The fourth-order valence-corrected chi connectivity index (χ4v) is 3.26. The van der Waals surface area contributed by atoms with Gasteiger partial charge in [-0.15, -0.1) is 12.4 Å². The number of nitrogens with one attached hydrogen (secondary N) is 2. The Balaban J connectivity index is 0.00000338. The zero-order valence-corrected chi connectivity index (χ0v) is 16.6. The third kappa shape index (κ3) is 6.44. The van der Waals surface area contributed by atoms with Gasteiger partial charge in [0.25, 0.3) is 0 Å². The van der Waals surface area contributed by atoms with Gasteiger partial charge >= 0.3 is 0 Å². The molecule has 7 heteroatoms. The van der Waals surface area contributed by atoms with Gasteiger partial charge < -0.3 is 10.6 Å². The average molecular weight is 397 g/mol. The summed E-state index contributed by atoms with van der Waals surface area (Å²) in [5, 5.41) is 6.04. The van der Waals surface area contributed by atoms with E-state index in [-0.39, 0.29) is 29.3 Å². The zero-order valence-electron chi connectivity index (χ0n) is 14.9. The Hall–Kier alpha value is -1.89. The van der Waals surface area contributed by atoms with Crippen LogP contribution in [0.4, 0.5) is 0 Å². The van der Waals surface area contributed by atoms with Crippen LogP contribution in [0.25, 0.3) is 0 Å². The highest BCUT2D eigenvalue weighted by atomic mass is 35.5. The van der Waals surface area contributed by atoms with Gasteiger partial charge in [-0.05, 0) is 43.3 Å². The van der Waals surface area contributed by atoms with E-state index in [0.717, 1.165) is 24.1 Å². The van der Waals surface area contributed by atoms with Crippen molar-refractivity contribution in [3.63, 3.8) is 0 Å². The van der Waals surface area contributed by atoms with Crippen molar-refractivity contribution in [2.24, 2.45) is 0 Å². The summed E-state index contributed by atoms with van der Waals surface area (Å²) in [5.74, 6) is -0.0612. The van der Waals surface area contributed by atoms with E-state index in [4.69, 9.17) is 0 Å². The van der Waals surface area contributed by atoms with Gasteiger partial charge in [0.05, 0.1) is 10.9 Å². The van der Waals surface area contributed by atoms with E-state index >= 15 is 0 Å². The molecule has 2 aromatic carbocycles. The molecule has 2 N–H and O–H groups in total. The van der Waals surface area contributed by atoms with E-state index < -0.39 is 9.84 Å². The monoisotopic (exact) mass is 396 g/mol. The lowest BCUT2D eigenvalue weighted by atomic mass is 9.98. The molecule has 2 aromatic rings.